The van der Waals surface area contributed by atoms with Crippen molar-refractivity contribution in [3.8, 4) is 11.5 Å². The number of hydrogen-bond donors (Lipinski definition) is 7. The third kappa shape index (κ3) is 8.61. The molecule has 60 heavy (non-hydrogen) atoms. The summed E-state index contributed by atoms with van der Waals surface area (Å²) in [6, 6.07) is 22.9. The second-order valence-electron chi connectivity index (χ2n) is 13.4. The number of phenolic OH excluding ortho intramolecular Hbond substituents is 2. The van der Waals surface area contributed by atoms with Crippen molar-refractivity contribution >= 4 is 103 Å². The fraction of sp³-hybridized carbons (Fsp3) is 0.0513. The number of carbonyl (C=O) groups excluding carboxylic acids is 1. The topological polar surface area (TPSA) is 294 Å². The number of amides is 2. The van der Waals surface area contributed by atoms with Crippen LogP contribution in [0.2, 0.25) is 0 Å². The molecule has 0 aliphatic heterocycles. The Hall–Kier alpha value is -6.88. The molecule has 0 saturated carbocycles. The molecule has 0 aromatic heterocycles. The molecular formula is C39H30N6O12S3. The van der Waals surface area contributed by atoms with Crippen molar-refractivity contribution in [2.24, 2.45) is 20.5 Å². The lowest BCUT2D eigenvalue weighted by Gasteiger charge is -2.13. The lowest BCUT2D eigenvalue weighted by Crippen LogP contribution is -2.19. The van der Waals surface area contributed by atoms with Gasteiger partial charge in [0.15, 0.2) is 11.5 Å². The summed E-state index contributed by atoms with van der Waals surface area (Å²) in [4.78, 5) is 11.2. The lowest BCUT2D eigenvalue weighted by atomic mass is 10.1. The number of urea groups is 1. The number of nitrogens with zero attached hydrogens (tertiary/aromatic N) is 4. The smallest absolute Gasteiger partial charge is 0.323 e. The zero-order valence-electron chi connectivity index (χ0n) is 30.9. The van der Waals surface area contributed by atoms with Gasteiger partial charge in [-0.1, -0.05) is 29.8 Å². The van der Waals surface area contributed by atoms with Crippen LogP contribution in [-0.2, 0) is 30.4 Å². The summed E-state index contributed by atoms with van der Waals surface area (Å²) in [5.74, 6) is -1.26. The number of phenols is 2. The van der Waals surface area contributed by atoms with Gasteiger partial charge in [0, 0.05) is 22.1 Å². The van der Waals surface area contributed by atoms with E-state index in [1.807, 2.05) is 13.0 Å². The van der Waals surface area contributed by atoms with Crippen LogP contribution in [0, 0.1) is 13.8 Å². The zero-order valence-corrected chi connectivity index (χ0v) is 33.4. The summed E-state index contributed by atoms with van der Waals surface area (Å²) < 4.78 is 102. The quantitative estimate of drug-likeness (QED) is 0.0527. The van der Waals surface area contributed by atoms with E-state index >= 15 is 0 Å². The van der Waals surface area contributed by atoms with Gasteiger partial charge in [-0.3, -0.25) is 13.7 Å². The van der Waals surface area contributed by atoms with Gasteiger partial charge < -0.3 is 20.8 Å². The highest BCUT2D eigenvalue weighted by Gasteiger charge is 2.24. The number of aryl methyl sites for hydroxylation is 2. The second-order valence-corrected chi connectivity index (χ2v) is 17.6. The monoisotopic (exact) mass is 870 g/mol. The highest BCUT2D eigenvalue weighted by Crippen LogP contribution is 2.44. The molecule has 0 bridgehead atoms. The molecule has 306 valence electrons. The normalized spacial score (nSPS) is 12.6. The first kappa shape index (κ1) is 41.3. The Bertz CT molecular complexity index is 3380. The van der Waals surface area contributed by atoms with Gasteiger partial charge in [-0.05, 0) is 120 Å². The van der Waals surface area contributed by atoms with Crippen LogP contribution in [0.3, 0.4) is 0 Å². The maximum Gasteiger partial charge on any atom is 0.323 e. The van der Waals surface area contributed by atoms with Gasteiger partial charge in [0.2, 0.25) is 0 Å². The summed E-state index contributed by atoms with van der Waals surface area (Å²) in [7, 11) is -14.4. The first-order valence-electron chi connectivity index (χ1n) is 17.2. The fourth-order valence-electron chi connectivity index (χ4n) is 6.30. The second kappa shape index (κ2) is 15.4. The summed E-state index contributed by atoms with van der Waals surface area (Å²) in [5, 5.41) is 44.5. The molecule has 7 aromatic rings. The predicted octanol–water partition coefficient (Wildman–Crippen LogP) is 9.39. The number of anilines is 2. The highest BCUT2D eigenvalue weighted by molar-refractivity contribution is 7.86. The first-order chi connectivity index (χ1) is 28.2. The minimum Gasteiger partial charge on any atom is -0.505 e. The van der Waals surface area contributed by atoms with E-state index in [2.05, 4.69) is 31.1 Å². The summed E-state index contributed by atoms with van der Waals surface area (Å²) in [5.41, 5.74) is 1.41. The van der Waals surface area contributed by atoms with Crippen LogP contribution in [0.5, 0.6) is 11.5 Å². The van der Waals surface area contributed by atoms with E-state index < -0.39 is 69.1 Å². The maximum atomic E-state index is 13.1. The van der Waals surface area contributed by atoms with Crippen molar-refractivity contribution in [1.82, 2.24) is 0 Å². The third-order valence-electron chi connectivity index (χ3n) is 9.14. The van der Waals surface area contributed by atoms with Crippen LogP contribution in [0.1, 0.15) is 11.1 Å². The Morgan fingerprint density at radius 2 is 1.03 bits per heavy atom. The molecule has 7 N–H and O–H groups in total. The minimum atomic E-state index is -5.01. The number of hydrogen-bond acceptors (Lipinski definition) is 13. The van der Waals surface area contributed by atoms with Crippen molar-refractivity contribution in [1.29, 1.82) is 0 Å². The molecule has 0 unspecified atom stereocenters. The van der Waals surface area contributed by atoms with Gasteiger partial charge in [0.25, 0.3) is 30.4 Å². The van der Waals surface area contributed by atoms with E-state index in [1.54, 1.807) is 19.1 Å². The van der Waals surface area contributed by atoms with E-state index in [0.717, 1.165) is 23.3 Å². The van der Waals surface area contributed by atoms with Gasteiger partial charge in [0.1, 0.15) is 21.2 Å². The standard InChI is InChI=1S/C39H30N6O12S3/c1-20-3-12-32(21(2)13-20)43-45-36-34(60(55,56)57)19-25-16-27(8-11-31(25)38(36)47)41-39(48)40-26-7-10-30-24(15-26)18-33(59(52,53)54)35(37(30)46)44-42-28-6-4-23-17-29(58(49,50)51)9-5-22(23)14-28/h3-19,46-47H,1-2H3,(H2,40,41,48)(H,49,50,51)(H,52,53,54)(H,55,56,57). The highest BCUT2D eigenvalue weighted by atomic mass is 32.2. The van der Waals surface area contributed by atoms with Crippen LogP contribution >= 0.6 is 0 Å². The number of fused-ring (bicyclic) bond motifs is 3. The molecule has 0 aliphatic rings. The van der Waals surface area contributed by atoms with Crippen LogP contribution in [-0.4, -0.2) is 55.2 Å². The minimum absolute atomic E-state index is 0.0571. The van der Waals surface area contributed by atoms with E-state index in [4.69, 9.17) is 0 Å². The Kier molecular flexibility index (Phi) is 10.6. The van der Waals surface area contributed by atoms with E-state index in [1.165, 1.54) is 72.8 Å². The van der Waals surface area contributed by atoms with Crippen molar-refractivity contribution < 1.29 is 53.9 Å². The van der Waals surface area contributed by atoms with Crippen molar-refractivity contribution in [2.45, 2.75) is 28.5 Å². The number of rotatable bonds is 9. The molecule has 18 nitrogen and oxygen atoms in total. The number of benzene rings is 7. The Morgan fingerprint density at radius 3 is 1.55 bits per heavy atom. The predicted molar refractivity (Wildman–Crippen MR) is 222 cm³/mol. The van der Waals surface area contributed by atoms with E-state index in [-0.39, 0.29) is 43.5 Å². The number of carbonyl (C=O) groups is 1. The number of azo groups is 2. The molecule has 0 fully saturated rings. The van der Waals surface area contributed by atoms with Crippen LogP contribution in [0.25, 0.3) is 32.3 Å². The van der Waals surface area contributed by atoms with Gasteiger partial charge in [0.05, 0.1) is 16.3 Å². The molecule has 2 amide bonds. The molecule has 21 heteroatoms. The van der Waals surface area contributed by atoms with Crippen molar-refractivity contribution in [3.63, 3.8) is 0 Å². The number of nitrogens with one attached hydrogen (secondary N) is 2. The Morgan fingerprint density at radius 1 is 0.517 bits per heavy atom. The van der Waals surface area contributed by atoms with Crippen molar-refractivity contribution in [3.05, 3.63) is 114 Å². The largest absolute Gasteiger partial charge is 0.505 e. The molecule has 0 aliphatic carbocycles. The van der Waals surface area contributed by atoms with Crippen molar-refractivity contribution in [2.75, 3.05) is 10.6 Å². The molecule has 0 saturated heterocycles. The molecule has 0 heterocycles. The molecular weight excluding hydrogens is 841 g/mol. The molecule has 7 rings (SSSR count). The van der Waals surface area contributed by atoms with E-state index in [9.17, 15) is 53.9 Å². The fourth-order valence-corrected chi connectivity index (χ4v) is 8.13. The summed E-state index contributed by atoms with van der Waals surface area (Å²) in [6.45, 7) is 3.66. The summed E-state index contributed by atoms with van der Waals surface area (Å²) in [6.07, 6.45) is 0. The van der Waals surface area contributed by atoms with Gasteiger partial charge in [-0.15, -0.1) is 10.2 Å². The summed E-state index contributed by atoms with van der Waals surface area (Å²) >= 11 is 0. The SMILES string of the molecule is Cc1ccc(N=Nc2c(S(=O)(=O)O)cc3cc(NC(=O)Nc4ccc5c(O)c(N=Nc6ccc7cc(S(=O)(=O)O)ccc7c6)c(S(=O)(=O)O)cc5c4)ccc3c2O)c(C)c1. The van der Waals surface area contributed by atoms with Gasteiger partial charge in [-0.25, -0.2) is 4.79 Å². The van der Waals surface area contributed by atoms with E-state index in [0.29, 0.717) is 16.5 Å². The lowest BCUT2D eigenvalue weighted by molar-refractivity contribution is 0.262. The van der Waals surface area contributed by atoms with Crippen LogP contribution < -0.4 is 10.6 Å². The van der Waals surface area contributed by atoms with Crippen LogP contribution in [0.15, 0.2) is 138 Å². The maximum absolute atomic E-state index is 13.1. The number of aromatic hydroxyl groups is 2. The van der Waals surface area contributed by atoms with Gasteiger partial charge >= 0.3 is 6.03 Å². The molecule has 0 radical (unpaired) electrons. The van der Waals surface area contributed by atoms with Crippen LogP contribution in [0.4, 0.5) is 38.9 Å². The Balaban J connectivity index is 1.14. The third-order valence-corrected chi connectivity index (χ3v) is 11.7. The molecule has 0 spiro atoms. The van der Waals surface area contributed by atoms with Gasteiger partial charge in [-0.2, -0.15) is 35.5 Å². The Labute approximate surface area is 340 Å². The zero-order chi connectivity index (χ0) is 43.3. The molecule has 0 atom stereocenters. The molecule has 7 aromatic carbocycles. The average Bonchev–Trinajstić information content (AvgIpc) is 3.16. The first-order valence-corrected chi connectivity index (χ1v) is 21.5. The average molecular weight is 871 g/mol.